The van der Waals surface area contributed by atoms with Gasteiger partial charge in [-0.3, -0.25) is 9.52 Å². The number of sulfonamides is 1. The Morgan fingerprint density at radius 3 is 2.62 bits per heavy atom. The van der Waals surface area contributed by atoms with E-state index < -0.39 is 21.7 Å². The molecule has 1 aromatic carbocycles. The number of nitrogens with one attached hydrogen (secondary N) is 1. The molecule has 16 heavy (non-hydrogen) atoms. The van der Waals surface area contributed by atoms with Crippen molar-refractivity contribution in [3.63, 3.8) is 0 Å². The van der Waals surface area contributed by atoms with Crippen LogP contribution in [0.5, 0.6) is 0 Å². The van der Waals surface area contributed by atoms with Crippen molar-refractivity contribution in [3.8, 4) is 12.3 Å². The Morgan fingerprint density at radius 1 is 1.44 bits per heavy atom. The van der Waals surface area contributed by atoms with Gasteiger partial charge in [-0.2, -0.15) is 0 Å². The van der Waals surface area contributed by atoms with Crippen molar-refractivity contribution in [2.24, 2.45) is 0 Å². The number of carboxylic acids is 1. The van der Waals surface area contributed by atoms with Crippen molar-refractivity contribution >= 4 is 21.7 Å². The highest BCUT2D eigenvalue weighted by atomic mass is 32.2. The average molecular weight is 239 g/mol. The third kappa shape index (κ3) is 3.29. The number of para-hydroxylation sites is 1. The quantitative estimate of drug-likeness (QED) is 0.749. The molecular weight excluding hydrogens is 230 g/mol. The SMILES string of the molecule is C#Cc1ccccc1NS(=O)(=O)CC(=O)O. The minimum atomic E-state index is -3.91. The van der Waals surface area contributed by atoms with Gasteiger partial charge in [-0.05, 0) is 12.1 Å². The fraction of sp³-hybridized carbons (Fsp3) is 0.100. The summed E-state index contributed by atoms with van der Waals surface area (Å²) in [7, 11) is -3.91. The molecule has 5 nitrogen and oxygen atoms in total. The predicted molar refractivity (Wildman–Crippen MR) is 59.4 cm³/mol. The molecule has 0 unspecified atom stereocenters. The molecule has 0 amide bonds. The van der Waals surface area contributed by atoms with E-state index in [1.807, 2.05) is 0 Å². The van der Waals surface area contributed by atoms with Gasteiger partial charge in [0, 0.05) is 5.56 Å². The van der Waals surface area contributed by atoms with E-state index in [4.69, 9.17) is 11.5 Å². The van der Waals surface area contributed by atoms with E-state index >= 15 is 0 Å². The minimum Gasteiger partial charge on any atom is -0.480 e. The van der Waals surface area contributed by atoms with E-state index in [-0.39, 0.29) is 5.69 Å². The van der Waals surface area contributed by atoms with Crippen LogP contribution in [0.25, 0.3) is 0 Å². The van der Waals surface area contributed by atoms with E-state index in [1.54, 1.807) is 18.2 Å². The number of aliphatic carboxylic acids is 1. The highest BCUT2D eigenvalue weighted by Gasteiger charge is 2.16. The zero-order chi connectivity index (χ0) is 12.2. The van der Waals surface area contributed by atoms with Crippen LogP contribution >= 0.6 is 0 Å². The zero-order valence-electron chi connectivity index (χ0n) is 8.17. The molecule has 1 aromatic rings. The lowest BCUT2D eigenvalue weighted by Crippen LogP contribution is -2.22. The van der Waals surface area contributed by atoms with Crippen LogP contribution in [-0.2, 0) is 14.8 Å². The number of carbonyl (C=O) groups is 1. The number of hydrogen-bond donors (Lipinski definition) is 2. The Morgan fingerprint density at radius 2 is 2.06 bits per heavy atom. The Kier molecular flexibility index (Phi) is 3.53. The first kappa shape index (κ1) is 12.1. The van der Waals surface area contributed by atoms with Crippen LogP contribution in [0.3, 0.4) is 0 Å². The van der Waals surface area contributed by atoms with E-state index in [9.17, 15) is 13.2 Å². The largest absolute Gasteiger partial charge is 0.480 e. The molecular formula is C10H9NO4S. The van der Waals surface area contributed by atoms with Crippen molar-refractivity contribution < 1.29 is 18.3 Å². The Balaban J connectivity index is 2.98. The molecule has 84 valence electrons. The highest BCUT2D eigenvalue weighted by molar-refractivity contribution is 7.93. The molecule has 0 aromatic heterocycles. The number of anilines is 1. The van der Waals surface area contributed by atoms with Gasteiger partial charge in [-0.25, -0.2) is 8.42 Å². The summed E-state index contributed by atoms with van der Waals surface area (Å²) >= 11 is 0. The summed E-state index contributed by atoms with van der Waals surface area (Å²) in [6, 6.07) is 6.27. The third-order valence-electron chi connectivity index (χ3n) is 1.66. The molecule has 0 bridgehead atoms. The van der Waals surface area contributed by atoms with Gasteiger partial charge in [0.05, 0.1) is 5.69 Å². The van der Waals surface area contributed by atoms with E-state index in [1.165, 1.54) is 6.07 Å². The zero-order valence-corrected chi connectivity index (χ0v) is 8.99. The maximum absolute atomic E-state index is 11.3. The van der Waals surface area contributed by atoms with E-state index in [0.29, 0.717) is 5.56 Å². The molecule has 0 saturated carbocycles. The maximum Gasteiger partial charge on any atom is 0.320 e. The van der Waals surface area contributed by atoms with Crippen LogP contribution < -0.4 is 4.72 Å². The molecule has 0 radical (unpaired) electrons. The maximum atomic E-state index is 11.3. The van der Waals surface area contributed by atoms with Crippen molar-refractivity contribution in [3.05, 3.63) is 29.8 Å². The number of carboxylic acid groups (broad SMARTS) is 1. The summed E-state index contributed by atoms with van der Waals surface area (Å²) in [4.78, 5) is 10.3. The van der Waals surface area contributed by atoms with Crippen LogP contribution in [0.2, 0.25) is 0 Å². The molecule has 0 spiro atoms. The molecule has 0 fully saturated rings. The van der Waals surface area contributed by atoms with Crippen molar-refractivity contribution in [1.29, 1.82) is 0 Å². The standard InChI is InChI=1S/C10H9NO4S/c1-2-8-5-3-4-6-9(8)11-16(14,15)7-10(12)13/h1,3-6,11H,7H2,(H,12,13). The molecule has 0 atom stereocenters. The van der Waals surface area contributed by atoms with Crippen molar-refractivity contribution in [2.75, 3.05) is 10.5 Å². The normalized spacial score (nSPS) is 10.4. The minimum absolute atomic E-state index is 0.200. The summed E-state index contributed by atoms with van der Waals surface area (Å²) in [6.45, 7) is 0. The second-order valence-electron chi connectivity index (χ2n) is 2.94. The first-order valence-electron chi connectivity index (χ1n) is 4.22. The number of terminal acetylenes is 1. The van der Waals surface area contributed by atoms with Gasteiger partial charge in [0.1, 0.15) is 0 Å². The van der Waals surface area contributed by atoms with Crippen molar-refractivity contribution in [2.45, 2.75) is 0 Å². The van der Waals surface area contributed by atoms with Gasteiger partial charge in [0.15, 0.2) is 5.75 Å². The number of benzene rings is 1. The number of hydrogen-bond acceptors (Lipinski definition) is 3. The fourth-order valence-corrected chi connectivity index (χ4v) is 1.97. The first-order chi connectivity index (χ1) is 7.44. The summed E-state index contributed by atoms with van der Waals surface area (Å²) in [5.74, 6) is -0.122. The summed E-state index contributed by atoms with van der Waals surface area (Å²) in [6.07, 6.45) is 5.17. The average Bonchev–Trinajstić information content (AvgIpc) is 2.15. The van der Waals surface area contributed by atoms with Gasteiger partial charge < -0.3 is 5.11 Å². The van der Waals surface area contributed by atoms with Crippen LogP contribution in [0.4, 0.5) is 5.69 Å². The van der Waals surface area contributed by atoms with Gasteiger partial charge in [0.2, 0.25) is 10.0 Å². The van der Waals surface area contributed by atoms with Crippen LogP contribution in [0.15, 0.2) is 24.3 Å². The second-order valence-corrected chi connectivity index (χ2v) is 4.67. The van der Waals surface area contributed by atoms with Crippen LogP contribution in [-0.4, -0.2) is 25.2 Å². The summed E-state index contributed by atoms with van der Waals surface area (Å²) in [5.41, 5.74) is 0.558. The summed E-state index contributed by atoms with van der Waals surface area (Å²) in [5, 5.41) is 8.39. The molecule has 0 saturated heterocycles. The lowest BCUT2D eigenvalue weighted by molar-refractivity contribution is -0.134. The Hall–Kier alpha value is -2.00. The number of rotatable bonds is 4. The molecule has 0 aliphatic rings. The topological polar surface area (TPSA) is 83.5 Å². The molecule has 1 rings (SSSR count). The fourth-order valence-electron chi connectivity index (χ4n) is 1.06. The molecule has 0 heterocycles. The lowest BCUT2D eigenvalue weighted by Gasteiger charge is -2.07. The van der Waals surface area contributed by atoms with Gasteiger partial charge in [-0.1, -0.05) is 18.1 Å². The highest BCUT2D eigenvalue weighted by Crippen LogP contribution is 2.15. The van der Waals surface area contributed by atoms with Gasteiger partial charge >= 0.3 is 5.97 Å². The first-order valence-corrected chi connectivity index (χ1v) is 5.88. The molecule has 0 aliphatic heterocycles. The molecule has 0 aliphatic carbocycles. The van der Waals surface area contributed by atoms with E-state index in [0.717, 1.165) is 0 Å². The van der Waals surface area contributed by atoms with Crippen LogP contribution in [0.1, 0.15) is 5.56 Å². The smallest absolute Gasteiger partial charge is 0.320 e. The van der Waals surface area contributed by atoms with Crippen LogP contribution in [0, 0.1) is 12.3 Å². The van der Waals surface area contributed by atoms with E-state index in [2.05, 4.69) is 10.6 Å². The third-order valence-corrected chi connectivity index (χ3v) is 2.82. The van der Waals surface area contributed by atoms with Crippen molar-refractivity contribution in [1.82, 2.24) is 0 Å². The lowest BCUT2D eigenvalue weighted by atomic mass is 10.2. The Bertz CT molecular complexity index is 542. The van der Waals surface area contributed by atoms with Gasteiger partial charge in [0.25, 0.3) is 0 Å². The summed E-state index contributed by atoms with van der Waals surface area (Å²) < 4.78 is 24.8. The Labute approximate surface area is 93.2 Å². The monoisotopic (exact) mass is 239 g/mol. The molecule has 2 N–H and O–H groups in total. The predicted octanol–water partition coefficient (Wildman–Crippen LogP) is 0.494. The van der Waals surface area contributed by atoms with Gasteiger partial charge in [-0.15, -0.1) is 6.42 Å². The second kappa shape index (κ2) is 4.68. The molecule has 6 heteroatoms.